The molecule has 0 aliphatic heterocycles. The van der Waals surface area contributed by atoms with Crippen LogP contribution in [0.3, 0.4) is 0 Å². The average Bonchev–Trinajstić information content (AvgIpc) is 2.78. The Bertz CT molecular complexity index is 1020. The van der Waals surface area contributed by atoms with E-state index in [0.29, 0.717) is 0 Å². The molecule has 4 aromatic rings. The Hall–Kier alpha value is -4.06. The lowest BCUT2D eigenvalue weighted by Gasteiger charge is -2.03. The first-order valence-electron chi connectivity index (χ1n) is 8.67. The van der Waals surface area contributed by atoms with Gasteiger partial charge in [-0.05, 0) is 59.7 Å². The van der Waals surface area contributed by atoms with Crippen LogP contribution >= 0.6 is 0 Å². The van der Waals surface area contributed by atoms with E-state index in [9.17, 15) is 0 Å². The highest BCUT2D eigenvalue weighted by Crippen LogP contribution is 2.19. The van der Waals surface area contributed by atoms with E-state index in [2.05, 4.69) is 29.9 Å². The third-order valence-electron chi connectivity index (χ3n) is 3.93. The first-order valence-corrected chi connectivity index (χ1v) is 8.67. The summed E-state index contributed by atoms with van der Waals surface area (Å²) >= 11 is 0. The molecular formula is C22H16N6. The molecule has 4 heterocycles. The number of hydrogen-bond acceptors (Lipinski definition) is 6. The minimum absolute atomic E-state index is 0.808. The molecule has 6 heteroatoms. The number of rotatable bonds is 5. The summed E-state index contributed by atoms with van der Waals surface area (Å²) < 4.78 is 0. The summed E-state index contributed by atoms with van der Waals surface area (Å²) in [6.07, 6.45) is 17.9. The van der Waals surface area contributed by atoms with Gasteiger partial charge in [0.25, 0.3) is 0 Å². The molecule has 0 radical (unpaired) electrons. The fraction of sp³-hybridized carbons (Fsp3) is 0. The first kappa shape index (κ1) is 17.4. The standard InChI is InChI=1S/C22H16N6/c1(3-19-7-9-23-15-27-19)17-5-11-25-21(13-17)22-14-18(6-12-26-22)2-4-20-8-10-24-16-28-20/h1-16H. The number of hydrogen-bond donors (Lipinski definition) is 0. The van der Waals surface area contributed by atoms with Crippen LogP contribution in [0.4, 0.5) is 0 Å². The van der Waals surface area contributed by atoms with Crippen molar-refractivity contribution in [3.8, 4) is 11.4 Å². The van der Waals surface area contributed by atoms with Gasteiger partial charge in [0, 0.05) is 24.8 Å². The van der Waals surface area contributed by atoms with Crippen molar-refractivity contribution in [2.75, 3.05) is 0 Å². The highest BCUT2D eigenvalue weighted by molar-refractivity contribution is 5.72. The summed E-state index contributed by atoms with van der Waals surface area (Å²) in [5.74, 6) is 0. The molecule has 0 bridgehead atoms. The van der Waals surface area contributed by atoms with Crippen molar-refractivity contribution < 1.29 is 0 Å². The third-order valence-corrected chi connectivity index (χ3v) is 3.93. The molecule has 6 nitrogen and oxygen atoms in total. The van der Waals surface area contributed by atoms with E-state index in [4.69, 9.17) is 0 Å². The van der Waals surface area contributed by atoms with E-state index < -0.39 is 0 Å². The Kier molecular flexibility index (Phi) is 5.30. The van der Waals surface area contributed by atoms with Crippen LogP contribution in [0.1, 0.15) is 22.5 Å². The molecule has 0 aliphatic rings. The molecule has 0 fully saturated rings. The molecule has 0 unspecified atom stereocenters. The van der Waals surface area contributed by atoms with Gasteiger partial charge in [-0.1, -0.05) is 12.2 Å². The zero-order chi connectivity index (χ0) is 19.0. The lowest BCUT2D eigenvalue weighted by Crippen LogP contribution is -1.89. The summed E-state index contributed by atoms with van der Waals surface area (Å²) in [5, 5.41) is 0. The summed E-state index contributed by atoms with van der Waals surface area (Å²) in [6.45, 7) is 0. The summed E-state index contributed by atoms with van der Waals surface area (Å²) in [6, 6.07) is 11.6. The molecule has 134 valence electrons. The maximum absolute atomic E-state index is 4.46. The molecule has 4 aromatic heterocycles. The predicted molar refractivity (Wildman–Crippen MR) is 109 cm³/mol. The van der Waals surface area contributed by atoms with Crippen molar-refractivity contribution >= 4 is 24.3 Å². The highest BCUT2D eigenvalue weighted by Gasteiger charge is 2.02. The van der Waals surface area contributed by atoms with Gasteiger partial charge in [-0.3, -0.25) is 9.97 Å². The van der Waals surface area contributed by atoms with E-state index in [1.165, 1.54) is 12.7 Å². The van der Waals surface area contributed by atoms with Crippen molar-refractivity contribution in [1.82, 2.24) is 29.9 Å². The van der Waals surface area contributed by atoms with Crippen LogP contribution in [0, 0.1) is 0 Å². The van der Waals surface area contributed by atoms with Crippen LogP contribution in [0.5, 0.6) is 0 Å². The normalized spacial score (nSPS) is 11.3. The molecule has 0 saturated carbocycles. The van der Waals surface area contributed by atoms with Gasteiger partial charge in [0.1, 0.15) is 12.7 Å². The van der Waals surface area contributed by atoms with Crippen molar-refractivity contribution in [3.05, 3.63) is 96.4 Å². The minimum atomic E-state index is 0.808. The molecule has 28 heavy (non-hydrogen) atoms. The van der Waals surface area contributed by atoms with E-state index in [1.54, 1.807) is 24.8 Å². The smallest absolute Gasteiger partial charge is 0.115 e. The highest BCUT2D eigenvalue weighted by atomic mass is 14.8. The van der Waals surface area contributed by atoms with Gasteiger partial charge >= 0.3 is 0 Å². The van der Waals surface area contributed by atoms with E-state index >= 15 is 0 Å². The van der Waals surface area contributed by atoms with Crippen molar-refractivity contribution in [1.29, 1.82) is 0 Å². The van der Waals surface area contributed by atoms with E-state index in [0.717, 1.165) is 33.9 Å². The van der Waals surface area contributed by atoms with Gasteiger partial charge < -0.3 is 0 Å². The van der Waals surface area contributed by atoms with Crippen LogP contribution in [-0.4, -0.2) is 29.9 Å². The maximum atomic E-state index is 4.46. The quantitative estimate of drug-likeness (QED) is 0.531. The Labute approximate surface area is 162 Å². The predicted octanol–water partition coefficient (Wildman–Crippen LogP) is 4.06. The van der Waals surface area contributed by atoms with Crippen LogP contribution < -0.4 is 0 Å². The van der Waals surface area contributed by atoms with Crippen LogP contribution in [0.2, 0.25) is 0 Å². The van der Waals surface area contributed by atoms with Crippen molar-refractivity contribution in [2.45, 2.75) is 0 Å². The van der Waals surface area contributed by atoms with Crippen molar-refractivity contribution in [3.63, 3.8) is 0 Å². The van der Waals surface area contributed by atoms with Crippen LogP contribution in [0.25, 0.3) is 35.7 Å². The Morgan fingerprint density at radius 1 is 0.500 bits per heavy atom. The fourth-order valence-corrected chi connectivity index (χ4v) is 2.54. The lowest BCUT2D eigenvalue weighted by atomic mass is 10.1. The number of nitrogens with zero attached hydrogens (tertiary/aromatic N) is 6. The maximum Gasteiger partial charge on any atom is 0.115 e. The monoisotopic (exact) mass is 364 g/mol. The van der Waals surface area contributed by atoms with Gasteiger partial charge in [0.05, 0.1) is 22.8 Å². The molecule has 0 atom stereocenters. The third kappa shape index (κ3) is 4.56. The Morgan fingerprint density at radius 2 is 1.00 bits per heavy atom. The second kappa shape index (κ2) is 8.55. The largest absolute Gasteiger partial charge is 0.255 e. The SMILES string of the molecule is C(=Cc1ccncn1)c1ccnc(-c2cc(C=Cc3ccncn3)ccn2)c1. The van der Waals surface area contributed by atoms with Gasteiger partial charge in [0.15, 0.2) is 0 Å². The fourth-order valence-electron chi connectivity index (χ4n) is 2.54. The second-order valence-corrected chi connectivity index (χ2v) is 5.88. The summed E-state index contributed by atoms with van der Waals surface area (Å²) in [5.41, 5.74) is 5.36. The summed E-state index contributed by atoms with van der Waals surface area (Å²) in [7, 11) is 0. The number of aromatic nitrogens is 6. The van der Waals surface area contributed by atoms with Crippen LogP contribution in [0.15, 0.2) is 73.8 Å². The van der Waals surface area contributed by atoms with Gasteiger partial charge in [-0.25, -0.2) is 19.9 Å². The average molecular weight is 364 g/mol. The Balaban J connectivity index is 1.56. The zero-order valence-electron chi connectivity index (χ0n) is 14.9. The van der Waals surface area contributed by atoms with E-state index in [-0.39, 0.29) is 0 Å². The molecule has 0 aliphatic carbocycles. The topological polar surface area (TPSA) is 77.3 Å². The molecule has 0 spiro atoms. The first-order chi connectivity index (χ1) is 13.9. The van der Waals surface area contributed by atoms with Gasteiger partial charge in [-0.15, -0.1) is 0 Å². The van der Waals surface area contributed by atoms with Gasteiger partial charge in [-0.2, -0.15) is 0 Å². The minimum Gasteiger partial charge on any atom is -0.255 e. The lowest BCUT2D eigenvalue weighted by molar-refractivity contribution is 1.15. The molecule has 0 aromatic carbocycles. The molecule has 0 amide bonds. The van der Waals surface area contributed by atoms with Crippen molar-refractivity contribution in [2.24, 2.45) is 0 Å². The zero-order valence-corrected chi connectivity index (χ0v) is 14.9. The molecule has 0 saturated heterocycles. The van der Waals surface area contributed by atoms with Crippen LogP contribution in [-0.2, 0) is 0 Å². The summed E-state index contributed by atoms with van der Waals surface area (Å²) in [4.78, 5) is 25.1. The van der Waals surface area contributed by atoms with Gasteiger partial charge in [0.2, 0.25) is 0 Å². The Morgan fingerprint density at radius 3 is 1.43 bits per heavy atom. The molecular weight excluding hydrogens is 348 g/mol. The number of pyridine rings is 2. The molecule has 4 rings (SSSR count). The molecule has 0 N–H and O–H groups in total. The van der Waals surface area contributed by atoms with E-state index in [1.807, 2.05) is 60.7 Å². The second-order valence-electron chi connectivity index (χ2n) is 5.88.